The van der Waals surface area contributed by atoms with Crippen LogP contribution in [0.1, 0.15) is 0 Å². The van der Waals surface area contributed by atoms with Gasteiger partial charge in [-0.2, -0.15) is 4.98 Å². The summed E-state index contributed by atoms with van der Waals surface area (Å²) < 4.78 is 13.2. The molecule has 1 heterocycles. The number of benzene rings is 1. The Labute approximate surface area is 95.3 Å². The lowest BCUT2D eigenvalue weighted by Crippen LogP contribution is -2.04. The summed E-state index contributed by atoms with van der Waals surface area (Å²) >= 11 is 5.78. The van der Waals surface area contributed by atoms with Crippen molar-refractivity contribution in [3.05, 3.63) is 29.0 Å². The Balaban J connectivity index is 2.63. The normalized spacial score (nSPS) is 10.4. The number of nitrogens with two attached hydrogens (primary N) is 2. The largest absolute Gasteiger partial charge is 0.382 e. The zero-order chi connectivity index (χ0) is 11.7. The van der Waals surface area contributed by atoms with Crippen LogP contribution in [0.25, 0.3) is 11.3 Å². The Morgan fingerprint density at radius 1 is 1.19 bits per heavy atom. The van der Waals surface area contributed by atoms with Crippen LogP contribution in [0.2, 0.25) is 5.02 Å². The number of nitrogens with zero attached hydrogens (tertiary/aromatic N) is 3. The lowest BCUT2D eigenvalue weighted by atomic mass is 10.1. The van der Waals surface area contributed by atoms with Crippen molar-refractivity contribution in [3.63, 3.8) is 0 Å². The summed E-state index contributed by atoms with van der Waals surface area (Å²) in [5, 5.41) is 7.21. The smallest absolute Gasteiger partial charge is 0.242 e. The van der Waals surface area contributed by atoms with Crippen molar-refractivity contribution in [1.82, 2.24) is 15.2 Å². The van der Waals surface area contributed by atoms with Crippen molar-refractivity contribution in [1.29, 1.82) is 0 Å². The second-order valence-corrected chi connectivity index (χ2v) is 3.38. The topological polar surface area (TPSA) is 90.7 Å². The molecule has 16 heavy (non-hydrogen) atoms. The summed E-state index contributed by atoms with van der Waals surface area (Å²) in [5.41, 5.74) is 11.4. The van der Waals surface area contributed by atoms with Gasteiger partial charge < -0.3 is 11.5 Å². The molecule has 0 bridgehead atoms. The molecule has 4 N–H and O–H groups in total. The van der Waals surface area contributed by atoms with Gasteiger partial charge in [0.15, 0.2) is 5.82 Å². The van der Waals surface area contributed by atoms with E-state index in [0.717, 1.165) is 0 Å². The van der Waals surface area contributed by atoms with Crippen LogP contribution in [0.5, 0.6) is 0 Å². The van der Waals surface area contributed by atoms with Crippen molar-refractivity contribution in [3.8, 4) is 11.3 Å². The molecule has 0 spiro atoms. The highest BCUT2D eigenvalue weighted by Gasteiger charge is 2.13. The number of rotatable bonds is 1. The molecule has 7 heteroatoms. The fourth-order valence-corrected chi connectivity index (χ4v) is 1.45. The molecular formula is C9H7ClFN5. The van der Waals surface area contributed by atoms with E-state index in [1.54, 1.807) is 6.07 Å². The van der Waals surface area contributed by atoms with Gasteiger partial charge in [0, 0.05) is 5.56 Å². The van der Waals surface area contributed by atoms with E-state index in [1.165, 1.54) is 12.1 Å². The molecular weight excluding hydrogens is 232 g/mol. The predicted molar refractivity (Wildman–Crippen MR) is 59.1 cm³/mol. The minimum atomic E-state index is -0.558. The molecule has 0 saturated carbocycles. The Bertz CT molecular complexity index is 545. The number of aromatic nitrogens is 3. The molecule has 0 saturated heterocycles. The first-order chi connectivity index (χ1) is 7.59. The Morgan fingerprint density at radius 2 is 1.94 bits per heavy atom. The lowest BCUT2D eigenvalue weighted by Gasteiger charge is -2.05. The molecule has 5 nitrogen and oxygen atoms in total. The monoisotopic (exact) mass is 238 g/mol. The van der Waals surface area contributed by atoms with Gasteiger partial charge in [-0.3, -0.25) is 0 Å². The van der Waals surface area contributed by atoms with Gasteiger partial charge in [-0.25, -0.2) is 4.39 Å². The van der Waals surface area contributed by atoms with Crippen molar-refractivity contribution >= 4 is 23.4 Å². The minimum Gasteiger partial charge on any atom is -0.382 e. The first kappa shape index (κ1) is 10.6. The lowest BCUT2D eigenvalue weighted by molar-refractivity contribution is 0.628. The molecule has 0 unspecified atom stereocenters. The van der Waals surface area contributed by atoms with Gasteiger partial charge in [0.05, 0.1) is 5.02 Å². The van der Waals surface area contributed by atoms with Crippen molar-refractivity contribution in [2.24, 2.45) is 0 Å². The number of hydrogen-bond acceptors (Lipinski definition) is 5. The van der Waals surface area contributed by atoms with Crippen LogP contribution in [0, 0.1) is 5.82 Å². The van der Waals surface area contributed by atoms with E-state index in [1.807, 2.05) is 0 Å². The van der Waals surface area contributed by atoms with E-state index in [-0.39, 0.29) is 22.5 Å². The summed E-state index contributed by atoms with van der Waals surface area (Å²) in [4.78, 5) is 3.72. The zero-order valence-corrected chi connectivity index (χ0v) is 8.74. The van der Waals surface area contributed by atoms with Crippen molar-refractivity contribution in [2.75, 3.05) is 11.5 Å². The van der Waals surface area contributed by atoms with Crippen LogP contribution in [-0.2, 0) is 0 Å². The van der Waals surface area contributed by atoms with Crippen molar-refractivity contribution in [2.45, 2.75) is 0 Å². The van der Waals surface area contributed by atoms with Gasteiger partial charge in [-0.1, -0.05) is 23.7 Å². The minimum absolute atomic E-state index is 0.0474. The van der Waals surface area contributed by atoms with Crippen LogP contribution in [0.4, 0.5) is 16.2 Å². The maximum atomic E-state index is 13.2. The van der Waals surface area contributed by atoms with Gasteiger partial charge in [-0.05, 0) is 6.07 Å². The van der Waals surface area contributed by atoms with Gasteiger partial charge in [0.2, 0.25) is 5.95 Å². The van der Waals surface area contributed by atoms with E-state index < -0.39 is 5.82 Å². The van der Waals surface area contributed by atoms with Crippen LogP contribution < -0.4 is 11.5 Å². The fraction of sp³-hybridized carbons (Fsp3) is 0. The second kappa shape index (κ2) is 3.90. The molecule has 0 radical (unpaired) electrons. The Hall–Kier alpha value is -1.95. The van der Waals surface area contributed by atoms with Gasteiger partial charge in [-0.15, -0.1) is 10.2 Å². The zero-order valence-electron chi connectivity index (χ0n) is 7.98. The number of nitrogen functional groups attached to an aromatic ring is 2. The van der Waals surface area contributed by atoms with Gasteiger partial charge in [0.1, 0.15) is 11.5 Å². The SMILES string of the molecule is Nc1nnc(-c2cccc([18F])c2Cl)c(N)n1. The van der Waals surface area contributed by atoms with Gasteiger partial charge in [0.25, 0.3) is 0 Å². The predicted octanol–water partition coefficient (Wildman–Crippen LogP) is 1.50. The Morgan fingerprint density at radius 3 is 2.62 bits per heavy atom. The molecule has 0 amide bonds. The van der Waals surface area contributed by atoms with E-state index in [0.29, 0.717) is 5.56 Å². The van der Waals surface area contributed by atoms with Crippen LogP contribution in [0.15, 0.2) is 18.2 Å². The third-order valence-corrected chi connectivity index (χ3v) is 2.32. The highest BCUT2D eigenvalue weighted by Crippen LogP contribution is 2.30. The molecule has 0 aliphatic carbocycles. The quantitative estimate of drug-likeness (QED) is 0.786. The number of halogens is 2. The summed E-state index contributed by atoms with van der Waals surface area (Å²) in [5.74, 6) is -0.550. The highest BCUT2D eigenvalue weighted by atomic mass is 35.5. The van der Waals surface area contributed by atoms with Crippen LogP contribution >= 0.6 is 11.6 Å². The summed E-state index contributed by atoms with van der Waals surface area (Å²) in [6, 6.07) is 4.30. The molecule has 82 valence electrons. The average Bonchev–Trinajstić information content (AvgIpc) is 2.23. The number of hydrogen-bond donors (Lipinski definition) is 2. The maximum Gasteiger partial charge on any atom is 0.242 e. The van der Waals surface area contributed by atoms with E-state index >= 15 is 0 Å². The summed E-state index contributed by atoms with van der Waals surface area (Å²) in [7, 11) is 0. The highest BCUT2D eigenvalue weighted by molar-refractivity contribution is 6.33. The summed E-state index contributed by atoms with van der Waals surface area (Å²) in [6.07, 6.45) is 0. The third-order valence-electron chi connectivity index (χ3n) is 1.94. The maximum absolute atomic E-state index is 13.2. The van der Waals surface area contributed by atoms with E-state index in [4.69, 9.17) is 23.1 Å². The molecule has 0 fully saturated rings. The molecule has 0 aliphatic heterocycles. The molecule has 2 rings (SSSR count). The second-order valence-electron chi connectivity index (χ2n) is 3.01. The van der Waals surface area contributed by atoms with Crippen molar-refractivity contribution < 1.29 is 4.39 Å². The summed E-state index contributed by atoms with van der Waals surface area (Å²) in [6.45, 7) is 0. The molecule has 0 atom stereocenters. The molecule has 1 aromatic heterocycles. The third kappa shape index (κ3) is 1.74. The molecule has 0 aliphatic rings. The van der Waals surface area contributed by atoms with Crippen LogP contribution in [0.3, 0.4) is 0 Å². The Kier molecular flexibility index (Phi) is 2.57. The average molecular weight is 239 g/mol. The fourth-order valence-electron chi connectivity index (χ4n) is 1.23. The first-order valence-electron chi connectivity index (χ1n) is 4.29. The standard InChI is InChI=1S/C9H7ClFN5/c10-6-4(2-1-3-5(6)11)7-8(12)14-9(13)16-15-7/h1-3H,(H4,12,13,14,16)/i11-1. The van der Waals surface area contributed by atoms with Crippen LogP contribution in [-0.4, -0.2) is 15.2 Å². The van der Waals surface area contributed by atoms with E-state index in [2.05, 4.69) is 15.2 Å². The van der Waals surface area contributed by atoms with E-state index in [9.17, 15) is 4.39 Å². The first-order valence-corrected chi connectivity index (χ1v) is 4.67. The molecule has 1 aromatic carbocycles. The molecule has 2 aromatic rings. The van der Waals surface area contributed by atoms with Gasteiger partial charge >= 0.3 is 0 Å². The number of anilines is 2.